The summed E-state index contributed by atoms with van der Waals surface area (Å²) < 4.78 is 11.4. The third-order valence-corrected chi connectivity index (χ3v) is 3.91. The van der Waals surface area contributed by atoms with Crippen molar-refractivity contribution < 1.29 is 14.3 Å². The summed E-state index contributed by atoms with van der Waals surface area (Å²) in [7, 11) is 3.06. The topological polar surface area (TPSA) is 59.9 Å². The highest BCUT2D eigenvalue weighted by atomic mass is 127. The predicted molar refractivity (Wildman–Crippen MR) is 93.8 cm³/mol. The summed E-state index contributed by atoms with van der Waals surface area (Å²) >= 11 is 2.21. The fraction of sp³-hybridized carbons (Fsp3) is 0.125. The number of carbonyl (C=O) groups is 1. The molecular weight excluding hydrogens is 395 g/mol. The fourth-order valence-corrected chi connectivity index (χ4v) is 2.31. The lowest BCUT2D eigenvalue weighted by molar-refractivity contribution is 0.0952. The van der Waals surface area contributed by atoms with Gasteiger partial charge in [-0.05, 0) is 40.8 Å². The molecule has 2 aromatic rings. The third kappa shape index (κ3) is 3.97. The summed E-state index contributed by atoms with van der Waals surface area (Å²) in [6, 6.07) is 12.7. The van der Waals surface area contributed by atoms with Gasteiger partial charge in [-0.25, -0.2) is 5.43 Å². The molecule has 0 aliphatic carbocycles. The Morgan fingerprint density at radius 1 is 1.18 bits per heavy atom. The lowest BCUT2D eigenvalue weighted by Crippen LogP contribution is -2.18. The second kappa shape index (κ2) is 7.79. The molecule has 0 aliphatic heterocycles. The van der Waals surface area contributed by atoms with Gasteiger partial charge in [0.15, 0.2) is 0 Å². The zero-order valence-corrected chi connectivity index (χ0v) is 14.3. The van der Waals surface area contributed by atoms with Crippen LogP contribution in [-0.2, 0) is 0 Å². The lowest BCUT2D eigenvalue weighted by Gasteiger charge is -2.08. The van der Waals surface area contributed by atoms with Crippen molar-refractivity contribution in [2.75, 3.05) is 14.2 Å². The number of benzene rings is 2. The average molecular weight is 410 g/mol. The van der Waals surface area contributed by atoms with Gasteiger partial charge in [-0.3, -0.25) is 4.79 Å². The molecule has 0 unspecified atom stereocenters. The molecule has 5 nitrogen and oxygen atoms in total. The van der Waals surface area contributed by atoms with Crippen molar-refractivity contribution in [3.8, 4) is 11.5 Å². The first-order valence-corrected chi connectivity index (χ1v) is 7.53. The molecule has 2 rings (SSSR count). The molecule has 0 aliphatic rings. The first-order chi connectivity index (χ1) is 10.7. The Morgan fingerprint density at radius 2 is 1.95 bits per heavy atom. The highest BCUT2D eigenvalue weighted by molar-refractivity contribution is 14.1. The summed E-state index contributed by atoms with van der Waals surface area (Å²) in [5, 5.41) is 3.98. The van der Waals surface area contributed by atoms with E-state index in [1.54, 1.807) is 31.5 Å². The van der Waals surface area contributed by atoms with Crippen LogP contribution in [0.4, 0.5) is 0 Å². The van der Waals surface area contributed by atoms with Crippen LogP contribution in [0.1, 0.15) is 15.9 Å². The number of amides is 1. The van der Waals surface area contributed by atoms with Crippen molar-refractivity contribution in [3.63, 3.8) is 0 Å². The minimum Gasteiger partial charge on any atom is -0.497 e. The standard InChI is InChI=1S/C16H15IN2O3/c1-21-12-7-8-13(15(9-12)22-2)16(20)19-18-10-11-5-3-4-6-14(11)17/h3-10H,1-2H3,(H,19,20). The molecular formula is C16H15IN2O3. The highest BCUT2D eigenvalue weighted by Crippen LogP contribution is 2.24. The van der Waals surface area contributed by atoms with Gasteiger partial charge in [0.05, 0.1) is 26.0 Å². The molecule has 0 atom stereocenters. The maximum Gasteiger partial charge on any atom is 0.275 e. The van der Waals surface area contributed by atoms with Crippen LogP contribution in [0.3, 0.4) is 0 Å². The van der Waals surface area contributed by atoms with Crippen LogP contribution in [0, 0.1) is 3.57 Å². The van der Waals surface area contributed by atoms with Gasteiger partial charge in [-0.15, -0.1) is 0 Å². The largest absolute Gasteiger partial charge is 0.497 e. The predicted octanol–water partition coefficient (Wildman–Crippen LogP) is 3.07. The monoisotopic (exact) mass is 410 g/mol. The van der Waals surface area contributed by atoms with Crippen LogP contribution in [0.25, 0.3) is 0 Å². The van der Waals surface area contributed by atoms with Crippen LogP contribution in [0.5, 0.6) is 11.5 Å². The molecule has 0 heterocycles. The van der Waals surface area contributed by atoms with E-state index in [1.165, 1.54) is 7.11 Å². The molecule has 0 spiro atoms. The molecule has 114 valence electrons. The second-order valence-corrected chi connectivity index (χ2v) is 5.45. The van der Waals surface area contributed by atoms with E-state index in [0.29, 0.717) is 17.1 Å². The molecule has 0 saturated heterocycles. The van der Waals surface area contributed by atoms with Crippen molar-refractivity contribution in [2.24, 2.45) is 5.10 Å². The smallest absolute Gasteiger partial charge is 0.275 e. The van der Waals surface area contributed by atoms with Crippen LogP contribution < -0.4 is 14.9 Å². The number of nitrogens with one attached hydrogen (secondary N) is 1. The third-order valence-electron chi connectivity index (χ3n) is 2.93. The van der Waals surface area contributed by atoms with Gasteiger partial charge in [-0.1, -0.05) is 18.2 Å². The Bertz CT molecular complexity index is 702. The molecule has 0 bridgehead atoms. The molecule has 0 fully saturated rings. The summed E-state index contributed by atoms with van der Waals surface area (Å²) in [4.78, 5) is 12.2. The van der Waals surface area contributed by atoms with E-state index in [4.69, 9.17) is 9.47 Å². The van der Waals surface area contributed by atoms with E-state index >= 15 is 0 Å². The molecule has 0 radical (unpaired) electrons. The Labute approximate surface area is 142 Å². The summed E-state index contributed by atoms with van der Waals surface area (Å²) in [5.41, 5.74) is 3.82. The highest BCUT2D eigenvalue weighted by Gasteiger charge is 2.12. The maximum absolute atomic E-state index is 12.2. The van der Waals surface area contributed by atoms with Gasteiger partial charge in [0, 0.05) is 15.2 Å². The zero-order chi connectivity index (χ0) is 15.9. The SMILES string of the molecule is COc1ccc(C(=O)NN=Cc2ccccc2I)c(OC)c1. The second-order valence-electron chi connectivity index (χ2n) is 4.29. The number of rotatable bonds is 5. The van der Waals surface area contributed by atoms with E-state index in [-0.39, 0.29) is 5.91 Å². The molecule has 1 amide bonds. The Morgan fingerprint density at radius 3 is 2.64 bits per heavy atom. The number of hydrogen-bond acceptors (Lipinski definition) is 4. The average Bonchev–Trinajstić information content (AvgIpc) is 2.55. The molecule has 6 heteroatoms. The van der Waals surface area contributed by atoms with Gasteiger partial charge >= 0.3 is 0 Å². The Kier molecular flexibility index (Phi) is 5.76. The van der Waals surface area contributed by atoms with Crippen molar-refractivity contribution in [1.82, 2.24) is 5.43 Å². The van der Waals surface area contributed by atoms with E-state index in [9.17, 15) is 4.79 Å². The van der Waals surface area contributed by atoms with Crippen LogP contribution in [0.15, 0.2) is 47.6 Å². The van der Waals surface area contributed by atoms with E-state index in [1.807, 2.05) is 24.3 Å². The maximum atomic E-state index is 12.2. The van der Waals surface area contributed by atoms with Gasteiger partial charge in [-0.2, -0.15) is 5.10 Å². The zero-order valence-electron chi connectivity index (χ0n) is 12.2. The molecule has 22 heavy (non-hydrogen) atoms. The first-order valence-electron chi connectivity index (χ1n) is 6.45. The minimum absolute atomic E-state index is 0.346. The van der Waals surface area contributed by atoms with Crippen molar-refractivity contribution in [3.05, 3.63) is 57.2 Å². The number of methoxy groups -OCH3 is 2. The number of hydrogen-bond donors (Lipinski definition) is 1. The van der Waals surface area contributed by atoms with E-state index < -0.39 is 0 Å². The quantitative estimate of drug-likeness (QED) is 0.468. The van der Waals surface area contributed by atoms with Crippen molar-refractivity contribution in [2.45, 2.75) is 0 Å². The van der Waals surface area contributed by atoms with E-state index in [2.05, 4.69) is 33.1 Å². The molecule has 0 aromatic heterocycles. The molecule has 2 aromatic carbocycles. The number of carbonyl (C=O) groups excluding carboxylic acids is 1. The van der Waals surface area contributed by atoms with Crippen LogP contribution in [0.2, 0.25) is 0 Å². The minimum atomic E-state index is -0.346. The van der Waals surface area contributed by atoms with Gasteiger partial charge in [0.25, 0.3) is 5.91 Å². The molecule has 1 N–H and O–H groups in total. The van der Waals surface area contributed by atoms with E-state index in [0.717, 1.165) is 9.13 Å². The number of ether oxygens (including phenoxy) is 2. The van der Waals surface area contributed by atoms with Crippen LogP contribution >= 0.6 is 22.6 Å². The van der Waals surface area contributed by atoms with Gasteiger partial charge in [0.2, 0.25) is 0 Å². The summed E-state index contributed by atoms with van der Waals surface area (Å²) in [5.74, 6) is 0.707. The lowest BCUT2D eigenvalue weighted by atomic mass is 10.2. The summed E-state index contributed by atoms with van der Waals surface area (Å²) in [6.45, 7) is 0. The van der Waals surface area contributed by atoms with Gasteiger partial charge < -0.3 is 9.47 Å². The first kappa shape index (κ1) is 16.3. The fourth-order valence-electron chi connectivity index (χ4n) is 1.79. The molecule has 0 saturated carbocycles. The Balaban J connectivity index is 2.11. The van der Waals surface area contributed by atoms with Crippen LogP contribution in [-0.4, -0.2) is 26.3 Å². The van der Waals surface area contributed by atoms with Crippen molar-refractivity contribution >= 4 is 34.7 Å². The number of hydrazone groups is 1. The summed E-state index contributed by atoms with van der Waals surface area (Å²) in [6.07, 6.45) is 1.61. The number of nitrogens with zero attached hydrogens (tertiary/aromatic N) is 1. The Hall–Kier alpha value is -2.09. The van der Waals surface area contributed by atoms with Gasteiger partial charge in [0.1, 0.15) is 11.5 Å². The normalized spacial score (nSPS) is 10.5. The van der Waals surface area contributed by atoms with Crippen molar-refractivity contribution in [1.29, 1.82) is 0 Å². The number of halogens is 1.